The van der Waals surface area contributed by atoms with E-state index in [1.54, 1.807) is 104 Å². The van der Waals surface area contributed by atoms with Gasteiger partial charge in [-0.3, -0.25) is 9.59 Å². The molecule has 0 aliphatic carbocycles. The van der Waals surface area contributed by atoms with Crippen LogP contribution in [-0.2, 0) is 142 Å². The molecule has 100 heavy (non-hydrogen) atoms. The van der Waals surface area contributed by atoms with Gasteiger partial charge in [0.2, 0.25) is 0 Å². The third kappa shape index (κ3) is 16.8. The van der Waals surface area contributed by atoms with Gasteiger partial charge in [-0.1, -0.05) is 71.9 Å². The predicted octanol–water partition coefficient (Wildman–Crippen LogP) is 13.6. The molecule has 35 heteroatoms. The number of fused-ring (bicyclic) bond motifs is 8. The Morgan fingerprint density at radius 3 is 1.39 bits per heavy atom. The van der Waals surface area contributed by atoms with Crippen molar-refractivity contribution in [3.05, 3.63) is 98.9 Å². The number of likely N-dealkylation sites (N-methyl/N-ethyl adjacent to an activating group) is 2. The van der Waals surface area contributed by atoms with Gasteiger partial charge in [0.25, 0.3) is 11.8 Å². The zero-order valence-electron chi connectivity index (χ0n) is 56.4. The Labute approximate surface area is 630 Å². The highest BCUT2D eigenvalue weighted by molar-refractivity contribution is 8.75. The summed E-state index contributed by atoms with van der Waals surface area (Å²) in [5.74, 6) is 4.80. The largest absolute Gasteiger partial charge is 0.496 e. The molecule has 13 rings (SSSR count). The molecule has 8 aromatic heterocycles. The molecule has 1 fully saturated rings. The van der Waals surface area contributed by atoms with Crippen LogP contribution in [0.2, 0.25) is 5.15 Å². The summed E-state index contributed by atoms with van der Waals surface area (Å²) in [4.78, 5) is 54.3. The van der Waals surface area contributed by atoms with E-state index in [2.05, 4.69) is 101 Å². The van der Waals surface area contributed by atoms with Gasteiger partial charge in [-0.15, -0.1) is 0 Å². The summed E-state index contributed by atoms with van der Waals surface area (Å²) < 4.78 is 38.9. The second kappa shape index (κ2) is 34.6. The molecule has 3 aliphatic rings. The smallest absolute Gasteiger partial charge is 0.496 e. The molecular formula is C65H84BClN12O8S13. The van der Waals surface area contributed by atoms with Crippen molar-refractivity contribution in [1.82, 2.24) is 59.2 Å². The van der Waals surface area contributed by atoms with Gasteiger partial charge >= 0.3 is 7.12 Å². The predicted molar refractivity (Wildman–Crippen MR) is 442 cm³/mol. The van der Waals surface area contributed by atoms with E-state index in [4.69, 9.17) is 71.8 Å². The molecule has 10 aromatic rings. The number of rotatable bonds is 8. The zero-order chi connectivity index (χ0) is 70.1. The molecule has 3 aliphatic heterocycles. The summed E-state index contributed by atoms with van der Waals surface area (Å²) >= 11 is 15.7. The fraction of sp³-hybridized carbons (Fsp3) is 0.446. The quantitative estimate of drug-likeness (QED) is 0.107. The number of hydrogen-bond donors (Lipinski definition) is 2. The van der Waals surface area contributed by atoms with Crippen LogP contribution in [0, 0.1) is 41.5 Å². The number of ether oxygens (including phenoxy) is 2. The zero-order valence-corrected chi connectivity index (χ0v) is 67.8. The van der Waals surface area contributed by atoms with Crippen LogP contribution in [-0.4, -0.2) is 131 Å². The van der Waals surface area contributed by atoms with E-state index < -0.39 is 7.12 Å². The number of carbonyl (C=O) groups is 2. The van der Waals surface area contributed by atoms with E-state index in [1.807, 2.05) is 86.0 Å². The molecule has 2 N–H and O–H groups in total. The van der Waals surface area contributed by atoms with Gasteiger partial charge in [-0.25, -0.2) is 19.9 Å². The number of halogens is 1. The second-order valence-electron chi connectivity index (χ2n) is 24.6. The summed E-state index contributed by atoms with van der Waals surface area (Å²) in [6.45, 7) is 31.2. The van der Waals surface area contributed by atoms with Crippen molar-refractivity contribution in [2.75, 3.05) is 41.4 Å². The van der Waals surface area contributed by atoms with Crippen molar-refractivity contribution < 1.29 is 37.4 Å². The standard InChI is InChI=1S/C28H30N6O3.C17H27BN2O3.C17H15ClN4O2.3CH4.S13/c1-13(2)26-19(11-21-28(35)33(6)8-9-34(21)26)25-24-17-12-22(36-7)18(23-14(3)32-37-15(23)4)10-20(17)31-27(24)30-16(5)29-25;1-11(2)14-12(18-22-16(3,4)17(5,6)23-18)10-13-15(21)19(7)8-9-20(13)14;1-7-14(8(2)24-22-7)11-5-12-10(6-13(11)23-4)15-16(18)19-9(3)20-17(15)21-12;;;;1-3-5-7-9-11-13-12-10-8-6-4-2/h10-13H,8-9H2,1-7H3,(H,29,30,31);10-11H,8-9H2,1-7H3;5-6H,1-4H3,(H,19,20,21);3*1H4;. The third-order valence-corrected chi connectivity index (χ3v) is 39.7. The number of nitrogens with zero attached hydrogens (tertiary/aromatic N) is 10. The summed E-state index contributed by atoms with van der Waals surface area (Å²) in [6.07, 6.45) is 0. The first-order valence-electron chi connectivity index (χ1n) is 30.4. The van der Waals surface area contributed by atoms with E-state index >= 15 is 0 Å². The number of nitrogens with one attached hydrogen (secondary N) is 2. The van der Waals surface area contributed by atoms with Crippen LogP contribution >= 0.6 is 11.6 Å². The highest BCUT2D eigenvalue weighted by Gasteiger charge is 2.53. The van der Waals surface area contributed by atoms with E-state index in [0.29, 0.717) is 46.4 Å². The van der Waals surface area contributed by atoms with Crippen molar-refractivity contribution in [2.45, 2.75) is 155 Å². The van der Waals surface area contributed by atoms with Gasteiger partial charge in [-0.2, -0.15) is 0 Å². The summed E-state index contributed by atoms with van der Waals surface area (Å²) in [7, 11) is 24.7. The minimum Gasteiger partial charge on any atom is -0.496 e. The first-order valence-corrected chi connectivity index (χ1v) is 46.7. The van der Waals surface area contributed by atoms with Crippen LogP contribution in [0.25, 0.3) is 77.4 Å². The Hall–Kier alpha value is -5.15. The van der Waals surface area contributed by atoms with Crippen molar-refractivity contribution in [3.8, 4) is 45.0 Å². The molecule has 2 amide bonds. The SMILES string of the molecule is C.C.C.CC(C)c1c(B2OC(C)(C)C(C)(C)O2)cc2n1CCN(C)C2=O.COc1cc2c(cc1-c1c(C)noc1C)[nH]c1nc(C)nc(-c3cc4n(c3C(C)C)CCN(C)C4=O)c12.COc1cc2c(cc1-c1c(C)noc1C)[nH]c1nc(C)nc(Cl)c12.S=S=S=S=S=S=S=S=S=S=S=S=S. The molecule has 11 heterocycles. The Morgan fingerprint density at radius 1 is 0.560 bits per heavy atom. The van der Waals surface area contributed by atoms with Crippen molar-refractivity contribution >= 4 is 200 Å². The number of methoxy groups -OCH3 is 2. The fourth-order valence-corrected chi connectivity index (χ4v) is 37.3. The lowest BCUT2D eigenvalue weighted by Gasteiger charge is -2.32. The van der Waals surface area contributed by atoms with Gasteiger partial charge in [-0.05, 0) is 117 Å². The molecule has 0 spiro atoms. The van der Waals surface area contributed by atoms with Gasteiger partial charge in [0.05, 0.1) is 64.4 Å². The van der Waals surface area contributed by atoms with Crippen LogP contribution in [0.15, 0.2) is 45.4 Å². The first-order chi connectivity index (χ1) is 46.1. The van der Waals surface area contributed by atoms with E-state index in [0.717, 1.165) is 143 Å². The number of aryl methyl sites for hydroxylation is 6. The fourth-order valence-electron chi connectivity index (χ4n) is 12.3. The maximum atomic E-state index is 13.1. The summed E-state index contributed by atoms with van der Waals surface area (Å²) in [5.41, 5.74) is 14.3. The molecule has 0 saturated carbocycles. The number of hydrogen-bond acceptors (Lipinski definition) is 16. The lowest BCUT2D eigenvalue weighted by molar-refractivity contribution is 0.00578. The van der Waals surface area contributed by atoms with E-state index in [-0.39, 0.29) is 51.2 Å². The molecule has 2 aromatic carbocycles. The molecule has 540 valence electrons. The maximum Gasteiger partial charge on any atom is 0.496 e. The van der Waals surface area contributed by atoms with Crippen molar-refractivity contribution in [2.24, 2.45) is 0 Å². The number of benzene rings is 2. The average molecular weight is 1620 g/mol. The number of aromatic amines is 2. The lowest BCUT2D eigenvalue weighted by atomic mass is 9.77. The van der Waals surface area contributed by atoms with E-state index in [9.17, 15) is 9.59 Å². The Kier molecular flexibility index (Phi) is 28.5. The topological polar surface area (TPSA) is 223 Å². The molecule has 1 saturated heterocycles. The number of carbonyl (C=O) groups excluding carboxylic acids is 2. The summed E-state index contributed by atoms with van der Waals surface area (Å²) in [5, 5.41) is 12.2. The molecular weight excluding hydrogens is 1540 g/mol. The monoisotopic (exact) mass is 1620 g/mol. The third-order valence-electron chi connectivity index (χ3n) is 17.2. The highest BCUT2D eigenvalue weighted by atomic mass is 35.5. The highest BCUT2D eigenvalue weighted by Crippen LogP contribution is 2.45. The molecule has 0 atom stereocenters. The van der Waals surface area contributed by atoms with E-state index in [1.165, 1.54) is 17.8 Å². The van der Waals surface area contributed by atoms with Gasteiger partial charge in [0.15, 0.2) is 0 Å². The Bertz CT molecular complexity index is 5240. The normalized spacial score (nSPS) is 14.1. The van der Waals surface area contributed by atoms with Crippen molar-refractivity contribution in [3.63, 3.8) is 0 Å². The number of aromatic nitrogens is 10. The van der Waals surface area contributed by atoms with Crippen LogP contribution in [0.4, 0.5) is 0 Å². The number of amides is 2. The first kappa shape index (κ1) is 82.1. The van der Waals surface area contributed by atoms with Crippen LogP contribution in [0.3, 0.4) is 0 Å². The van der Waals surface area contributed by atoms with Crippen molar-refractivity contribution in [1.29, 1.82) is 0 Å². The van der Waals surface area contributed by atoms with Gasteiger partial charge in [0, 0.05) is 216 Å². The lowest BCUT2D eigenvalue weighted by Crippen LogP contribution is -2.41. The molecule has 20 nitrogen and oxygen atoms in total. The second-order valence-corrected chi connectivity index (χ2v) is 44.4. The molecule has 0 unspecified atom stereocenters. The Balaban J connectivity index is 0.000000197. The van der Waals surface area contributed by atoms with Gasteiger partial charge in [0.1, 0.15) is 62.5 Å². The maximum absolute atomic E-state index is 13.1. The minimum absolute atomic E-state index is 0. The summed E-state index contributed by atoms with van der Waals surface area (Å²) in [6, 6.07) is 12.0. The molecule has 0 radical (unpaired) electrons. The van der Waals surface area contributed by atoms with Crippen LogP contribution < -0.4 is 14.9 Å². The van der Waals surface area contributed by atoms with Crippen LogP contribution in [0.5, 0.6) is 11.5 Å². The Morgan fingerprint density at radius 2 is 0.970 bits per heavy atom. The van der Waals surface area contributed by atoms with Crippen LogP contribution in [0.1, 0.15) is 156 Å². The average Bonchev–Trinajstić information content (AvgIpc) is 1.60. The number of H-pyrrole nitrogens is 2. The van der Waals surface area contributed by atoms with Gasteiger partial charge < -0.3 is 56.7 Å². The minimum atomic E-state index is -0.423. The molecule has 0 bridgehead atoms.